The molecule has 0 amide bonds. The number of aliphatic hydroxyl groups is 1. The second kappa shape index (κ2) is 6.31. The summed E-state index contributed by atoms with van der Waals surface area (Å²) in [5.41, 5.74) is 1.61. The van der Waals surface area contributed by atoms with Gasteiger partial charge in [0.25, 0.3) is 0 Å². The van der Waals surface area contributed by atoms with Crippen molar-refractivity contribution in [3.63, 3.8) is 0 Å². The molecule has 6 heteroatoms. The summed E-state index contributed by atoms with van der Waals surface area (Å²) >= 11 is 12.1. The monoisotopic (exact) mass is 315 g/mol. The van der Waals surface area contributed by atoms with Gasteiger partial charge in [0.05, 0.1) is 21.8 Å². The first-order valence-corrected chi connectivity index (χ1v) is 7.37. The molecule has 0 saturated heterocycles. The Morgan fingerprint density at radius 1 is 1.30 bits per heavy atom. The van der Waals surface area contributed by atoms with E-state index in [9.17, 15) is 5.11 Å². The highest BCUT2D eigenvalue weighted by atomic mass is 35.5. The van der Waals surface area contributed by atoms with Crippen molar-refractivity contribution in [2.45, 2.75) is 39.5 Å². The summed E-state index contributed by atoms with van der Waals surface area (Å²) in [6.45, 7) is 7.26. The van der Waals surface area contributed by atoms with Gasteiger partial charge < -0.3 is 9.51 Å². The Morgan fingerprint density at radius 3 is 2.60 bits per heavy atom. The molecule has 0 fully saturated rings. The average Bonchev–Trinajstić information content (AvgIpc) is 2.70. The fourth-order valence-corrected chi connectivity index (χ4v) is 2.68. The van der Waals surface area contributed by atoms with Crippen LogP contribution in [0.2, 0.25) is 10.0 Å². The van der Waals surface area contributed by atoms with Crippen LogP contribution in [0.15, 0.2) is 18.5 Å². The average molecular weight is 316 g/mol. The van der Waals surface area contributed by atoms with E-state index in [4.69, 9.17) is 23.2 Å². The third kappa shape index (κ3) is 3.64. The predicted octanol–water partition coefficient (Wildman–Crippen LogP) is 3.23. The molecular formula is C14H19Cl2N3O. The zero-order valence-corrected chi connectivity index (χ0v) is 13.4. The first kappa shape index (κ1) is 15.6. The number of aliphatic hydroxyl groups excluding tert-OH is 1. The molecule has 1 unspecified atom stereocenters. The molecule has 2 heterocycles. The number of fused-ring (bicyclic) bond motifs is 1. The van der Waals surface area contributed by atoms with E-state index in [0.29, 0.717) is 34.8 Å². The van der Waals surface area contributed by atoms with Crippen LogP contribution in [-0.2, 0) is 6.54 Å². The number of hydrogen-bond acceptors (Lipinski definition) is 3. The highest BCUT2D eigenvalue weighted by Gasteiger charge is 2.15. The molecule has 4 nitrogen and oxygen atoms in total. The van der Waals surface area contributed by atoms with E-state index in [0.717, 1.165) is 5.69 Å². The lowest BCUT2D eigenvalue weighted by atomic mass is 10.2. The van der Waals surface area contributed by atoms with Gasteiger partial charge in [0.15, 0.2) is 5.65 Å². The molecule has 1 N–H and O–H groups in total. The lowest BCUT2D eigenvalue weighted by molar-refractivity contribution is 0.102. The van der Waals surface area contributed by atoms with Gasteiger partial charge in [-0.15, -0.1) is 0 Å². The van der Waals surface area contributed by atoms with Crippen LogP contribution in [0, 0.1) is 0 Å². The summed E-state index contributed by atoms with van der Waals surface area (Å²) in [6.07, 6.45) is 3.34. The highest BCUT2D eigenvalue weighted by molar-refractivity contribution is 6.36. The molecule has 20 heavy (non-hydrogen) atoms. The quantitative estimate of drug-likeness (QED) is 0.921. The van der Waals surface area contributed by atoms with Crippen LogP contribution in [0.3, 0.4) is 0 Å². The Labute approximate surface area is 128 Å². The van der Waals surface area contributed by atoms with Gasteiger partial charge in [0, 0.05) is 31.5 Å². The van der Waals surface area contributed by atoms with E-state index in [1.54, 1.807) is 19.2 Å². The van der Waals surface area contributed by atoms with Gasteiger partial charge in [-0.05, 0) is 26.8 Å². The van der Waals surface area contributed by atoms with Crippen molar-refractivity contribution in [1.29, 1.82) is 0 Å². The summed E-state index contributed by atoms with van der Waals surface area (Å²) in [5, 5.41) is 10.7. The maximum Gasteiger partial charge on any atom is 0.156 e. The molecule has 2 aromatic heterocycles. The summed E-state index contributed by atoms with van der Waals surface area (Å²) in [7, 11) is 0. The molecule has 2 aromatic rings. The second-order valence-corrected chi connectivity index (χ2v) is 6.19. The maximum absolute atomic E-state index is 9.56. The van der Waals surface area contributed by atoms with Gasteiger partial charge in [0.2, 0.25) is 0 Å². The number of nitrogens with zero attached hydrogens (tertiary/aromatic N) is 3. The highest BCUT2D eigenvalue weighted by Crippen LogP contribution is 2.22. The van der Waals surface area contributed by atoms with Crippen molar-refractivity contribution in [1.82, 2.24) is 14.3 Å². The summed E-state index contributed by atoms with van der Waals surface area (Å²) < 4.78 is 1.83. The van der Waals surface area contributed by atoms with Crippen molar-refractivity contribution in [2.24, 2.45) is 0 Å². The fraction of sp³-hybridized carbons (Fsp3) is 0.500. The first-order valence-electron chi connectivity index (χ1n) is 6.61. The Balaban J connectivity index is 2.26. The van der Waals surface area contributed by atoms with Crippen molar-refractivity contribution in [3.05, 3.63) is 34.2 Å². The summed E-state index contributed by atoms with van der Waals surface area (Å²) in [4.78, 5) is 6.70. The van der Waals surface area contributed by atoms with Crippen LogP contribution in [0.25, 0.3) is 5.65 Å². The van der Waals surface area contributed by atoms with Crippen LogP contribution in [0.5, 0.6) is 0 Å². The Hall–Kier alpha value is -0.810. The maximum atomic E-state index is 9.56. The number of imidazole rings is 1. The number of rotatable bonds is 5. The standard InChI is InChI=1S/C14H19Cl2N3O/c1-9(2)18(5-10(3)20)7-12-8-19-6-11(15)4-13(16)14(19)17-12/h4,6,8-10,20H,5,7H2,1-3H3. The minimum atomic E-state index is -0.368. The van der Waals surface area contributed by atoms with Crippen LogP contribution in [-0.4, -0.2) is 38.1 Å². The minimum absolute atomic E-state index is 0.327. The van der Waals surface area contributed by atoms with Crippen molar-refractivity contribution >= 4 is 28.8 Å². The van der Waals surface area contributed by atoms with E-state index in [1.807, 2.05) is 10.6 Å². The Bertz CT molecular complexity index is 595. The minimum Gasteiger partial charge on any atom is -0.392 e. The molecule has 0 aromatic carbocycles. The van der Waals surface area contributed by atoms with Gasteiger partial charge in [0.1, 0.15) is 0 Å². The third-order valence-corrected chi connectivity index (χ3v) is 3.60. The zero-order valence-electron chi connectivity index (χ0n) is 11.8. The van der Waals surface area contributed by atoms with Crippen LogP contribution >= 0.6 is 23.2 Å². The number of pyridine rings is 1. The predicted molar refractivity (Wildman–Crippen MR) is 82.4 cm³/mol. The molecule has 1 atom stereocenters. The van der Waals surface area contributed by atoms with Crippen molar-refractivity contribution < 1.29 is 5.11 Å². The van der Waals surface area contributed by atoms with Gasteiger partial charge >= 0.3 is 0 Å². The molecular weight excluding hydrogens is 297 g/mol. The fourth-order valence-electron chi connectivity index (χ4n) is 2.16. The molecule has 2 rings (SSSR count). The summed E-state index contributed by atoms with van der Waals surface area (Å²) in [6, 6.07) is 2.01. The molecule has 0 aliphatic carbocycles. The molecule has 0 aliphatic heterocycles. The molecule has 0 radical (unpaired) electrons. The SMILES string of the molecule is CC(O)CN(Cc1cn2cc(Cl)cc(Cl)c2n1)C(C)C. The van der Waals surface area contributed by atoms with E-state index in [1.165, 1.54) is 0 Å². The van der Waals surface area contributed by atoms with Gasteiger partial charge in [-0.3, -0.25) is 4.90 Å². The first-order chi connectivity index (χ1) is 9.36. The normalized spacial score (nSPS) is 13.6. The van der Waals surface area contributed by atoms with Gasteiger partial charge in [-0.25, -0.2) is 4.98 Å². The van der Waals surface area contributed by atoms with E-state index in [-0.39, 0.29) is 6.10 Å². The van der Waals surface area contributed by atoms with Crippen molar-refractivity contribution in [2.75, 3.05) is 6.54 Å². The second-order valence-electron chi connectivity index (χ2n) is 5.34. The van der Waals surface area contributed by atoms with E-state index in [2.05, 4.69) is 23.7 Å². The molecule has 0 bridgehead atoms. The Morgan fingerprint density at radius 2 is 2.00 bits per heavy atom. The van der Waals surface area contributed by atoms with E-state index < -0.39 is 0 Å². The largest absolute Gasteiger partial charge is 0.392 e. The van der Waals surface area contributed by atoms with Crippen molar-refractivity contribution in [3.8, 4) is 0 Å². The Kier molecular flexibility index (Phi) is 4.91. The van der Waals surface area contributed by atoms with Gasteiger partial charge in [-0.1, -0.05) is 23.2 Å². The number of hydrogen-bond donors (Lipinski definition) is 1. The molecule has 110 valence electrons. The third-order valence-electron chi connectivity index (χ3n) is 3.12. The van der Waals surface area contributed by atoms with Gasteiger partial charge in [-0.2, -0.15) is 0 Å². The van der Waals surface area contributed by atoms with E-state index >= 15 is 0 Å². The molecule has 0 spiro atoms. The molecule has 0 aliphatic rings. The number of halogens is 2. The van der Waals surface area contributed by atoms with Crippen LogP contribution < -0.4 is 0 Å². The lowest BCUT2D eigenvalue weighted by Gasteiger charge is -2.26. The number of aromatic nitrogens is 2. The lowest BCUT2D eigenvalue weighted by Crippen LogP contribution is -2.36. The zero-order chi connectivity index (χ0) is 14.9. The topological polar surface area (TPSA) is 40.8 Å². The van der Waals surface area contributed by atoms with Crippen LogP contribution in [0.4, 0.5) is 0 Å². The smallest absolute Gasteiger partial charge is 0.156 e. The van der Waals surface area contributed by atoms with Crippen LogP contribution in [0.1, 0.15) is 26.5 Å². The summed E-state index contributed by atoms with van der Waals surface area (Å²) in [5.74, 6) is 0. The molecule has 0 saturated carbocycles.